The number of rotatable bonds is 5. The Morgan fingerprint density at radius 2 is 1.31 bits per heavy atom. The van der Waals surface area contributed by atoms with Gasteiger partial charge < -0.3 is 5.11 Å². The number of nitriles is 2. The van der Waals surface area contributed by atoms with Crippen LogP contribution in [-0.2, 0) is 10.8 Å². The molecular weight excluding hydrogens is 663 g/mol. The van der Waals surface area contributed by atoms with Gasteiger partial charge in [-0.25, -0.2) is 4.98 Å². The second kappa shape index (κ2) is 13.5. The number of imidazole rings is 1. The Kier molecular flexibility index (Phi) is 8.96. The lowest BCUT2D eigenvalue weighted by Gasteiger charge is -2.28. The number of hydrogen-bond acceptors (Lipinski definition) is 5. The third-order valence-corrected chi connectivity index (χ3v) is 10.1. The maximum atomic E-state index is 12.2. The number of nitrogens with zero attached hydrogens (tertiary/aromatic N) is 5. The average molecular weight is 706 g/mol. The van der Waals surface area contributed by atoms with Crippen molar-refractivity contribution in [2.45, 2.75) is 66.2 Å². The molecule has 266 valence electrons. The van der Waals surface area contributed by atoms with E-state index in [1.807, 2.05) is 30.3 Å². The van der Waals surface area contributed by atoms with Crippen LogP contribution in [0.2, 0.25) is 0 Å². The maximum Gasteiger partial charge on any atom is 0.149 e. The van der Waals surface area contributed by atoms with Gasteiger partial charge in [0.25, 0.3) is 0 Å². The largest absolute Gasteiger partial charge is 0.507 e. The summed E-state index contributed by atoms with van der Waals surface area (Å²) < 4.78 is 2.19. The lowest BCUT2D eigenvalue weighted by Crippen LogP contribution is -2.17. The van der Waals surface area contributed by atoms with Gasteiger partial charge in [-0.2, -0.15) is 10.5 Å². The van der Waals surface area contributed by atoms with Gasteiger partial charge in [-0.1, -0.05) is 90.1 Å². The van der Waals surface area contributed by atoms with Crippen molar-refractivity contribution < 1.29 is 5.11 Å². The maximum absolute atomic E-state index is 12.2. The van der Waals surface area contributed by atoms with Gasteiger partial charge in [0.2, 0.25) is 0 Å². The summed E-state index contributed by atoms with van der Waals surface area (Å²) in [6.45, 7) is 17.2. The predicted octanol–water partition coefficient (Wildman–Crippen LogP) is 11.7. The molecule has 54 heavy (non-hydrogen) atoms. The van der Waals surface area contributed by atoms with Crippen LogP contribution < -0.4 is 0 Å². The van der Waals surface area contributed by atoms with E-state index in [2.05, 4.69) is 132 Å². The second-order valence-corrected chi connectivity index (χ2v) is 16.1. The van der Waals surface area contributed by atoms with Crippen molar-refractivity contribution in [1.82, 2.24) is 14.5 Å². The first-order valence-electron chi connectivity index (χ1n) is 18.2. The van der Waals surface area contributed by atoms with Crippen molar-refractivity contribution in [2.75, 3.05) is 0 Å². The summed E-state index contributed by atoms with van der Waals surface area (Å²) in [5.74, 6) is 0.840. The lowest BCUT2D eigenvalue weighted by atomic mass is 9.79. The Labute approximate surface area is 317 Å². The molecule has 0 unspecified atom stereocenters. The summed E-state index contributed by atoms with van der Waals surface area (Å²) in [4.78, 5) is 9.99. The van der Waals surface area contributed by atoms with E-state index >= 15 is 0 Å². The Hall–Kier alpha value is -6.50. The number of aromatic hydroxyl groups is 1. The molecule has 2 aromatic heterocycles. The molecule has 0 amide bonds. The van der Waals surface area contributed by atoms with E-state index < -0.39 is 0 Å². The summed E-state index contributed by atoms with van der Waals surface area (Å²) in [6, 6.07) is 38.7. The van der Waals surface area contributed by atoms with Crippen molar-refractivity contribution in [1.29, 1.82) is 10.5 Å². The Bertz CT molecular complexity index is 2650. The third-order valence-electron chi connectivity index (χ3n) is 10.1. The summed E-state index contributed by atoms with van der Waals surface area (Å²) in [5.41, 5.74) is 13.0. The number of fused-ring (bicyclic) bond motifs is 1. The van der Waals surface area contributed by atoms with Gasteiger partial charge >= 0.3 is 0 Å². The molecule has 1 N–H and O–H groups in total. The van der Waals surface area contributed by atoms with Crippen LogP contribution in [0, 0.1) is 36.5 Å². The lowest BCUT2D eigenvalue weighted by molar-refractivity contribution is 0.446. The van der Waals surface area contributed by atoms with E-state index in [0.717, 1.165) is 66.8 Å². The minimum absolute atomic E-state index is 0.196. The molecule has 2 heterocycles. The monoisotopic (exact) mass is 705 g/mol. The number of hydrogen-bond donors (Lipinski definition) is 1. The Morgan fingerprint density at radius 3 is 1.96 bits per heavy atom. The van der Waals surface area contributed by atoms with E-state index in [0.29, 0.717) is 28.2 Å². The van der Waals surface area contributed by atoms with E-state index in [1.54, 1.807) is 24.4 Å². The zero-order valence-electron chi connectivity index (χ0n) is 32.1. The summed E-state index contributed by atoms with van der Waals surface area (Å²) >= 11 is 0. The van der Waals surface area contributed by atoms with Crippen LogP contribution in [-0.4, -0.2) is 19.6 Å². The smallest absolute Gasteiger partial charge is 0.149 e. The molecule has 7 aromatic rings. The summed E-state index contributed by atoms with van der Waals surface area (Å²) in [5, 5.41) is 32.0. The molecule has 0 aliphatic heterocycles. The second-order valence-electron chi connectivity index (χ2n) is 16.1. The molecule has 6 nitrogen and oxygen atoms in total. The molecule has 0 bridgehead atoms. The van der Waals surface area contributed by atoms with E-state index in [1.165, 1.54) is 0 Å². The Morgan fingerprint density at radius 1 is 0.630 bits per heavy atom. The van der Waals surface area contributed by atoms with Gasteiger partial charge in [0, 0.05) is 22.9 Å². The van der Waals surface area contributed by atoms with Crippen molar-refractivity contribution in [3.8, 4) is 68.5 Å². The van der Waals surface area contributed by atoms with Crippen LogP contribution in [0.5, 0.6) is 5.75 Å². The number of benzene rings is 5. The molecule has 0 saturated heterocycles. The highest BCUT2D eigenvalue weighted by Gasteiger charge is 2.29. The zero-order chi connectivity index (χ0) is 38.5. The molecule has 0 aliphatic rings. The highest BCUT2D eigenvalue weighted by Crippen LogP contribution is 2.45. The fraction of sp³-hybridized carbons (Fsp3) is 0.208. The number of aromatic nitrogens is 3. The van der Waals surface area contributed by atoms with Crippen LogP contribution in [0.15, 0.2) is 109 Å². The molecule has 0 fully saturated rings. The standard InChI is InChI=1S/C48H43N5O/c1-29-19-34(33-13-10-9-11-14-33)20-30(2)44(29)53-42-16-12-15-38(35-21-32(28-50)22-36(24-35)41-23-31(27-49)17-18-51-41)43(42)52-46(53)39-25-37(47(3,4)5)26-40(45(39)54)48(6,7)8/h9-26,54H,1-8H3. The van der Waals surface area contributed by atoms with Crippen LogP contribution in [0.1, 0.15) is 74.9 Å². The first-order chi connectivity index (χ1) is 25.7. The fourth-order valence-corrected chi connectivity index (χ4v) is 7.31. The minimum atomic E-state index is -0.337. The van der Waals surface area contributed by atoms with Gasteiger partial charge in [0.05, 0.1) is 51.2 Å². The van der Waals surface area contributed by atoms with Crippen molar-refractivity contribution in [3.63, 3.8) is 0 Å². The normalized spacial score (nSPS) is 11.7. The van der Waals surface area contributed by atoms with Crippen molar-refractivity contribution >= 4 is 11.0 Å². The highest BCUT2D eigenvalue weighted by atomic mass is 16.3. The quantitative estimate of drug-likeness (QED) is 0.192. The van der Waals surface area contributed by atoms with Crippen molar-refractivity contribution in [3.05, 3.63) is 143 Å². The molecule has 0 atom stereocenters. The molecule has 0 radical (unpaired) electrons. The fourth-order valence-electron chi connectivity index (χ4n) is 7.31. The molecule has 6 heteroatoms. The summed E-state index contributed by atoms with van der Waals surface area (Å²) in [7, 11) is 0. The van der Waals surface area contributed by atoms with Crippen molar-refractivity contribution in [2.24, 2.45) is 0 Å². The predicted molar refractivity (Wildman–Crippen MR) is 219 cm³/mol. The van der Waals surface area contributed by atoms with Gasteiger partial charge in [-0.3, -0.25) is 9.55 Å². The highest BCUT2D eigenvalue weighted by molar-refractivity contribution is 5.97. The zero-order valence-corrected chi connectivity index (χ0v) is 32.1. The Balaban J connectivity index is 1.57. The molecule has 0 aliphatic carbocycles. The van der Waals surface area contributed by atoms with Gasteiger partial charge in [-0.15, -0.1) is 0 Å². The number of para-hydroxylation sites is 1. The van der Waals surface area contributed by atoms with Crippen LogP contribution >= 0.6 is 0 Å². The summed E-state index contributed by atoms with van der Waals surface area (Å²) in [6.07, 6.45) is 1.61. The van der Waals surface area contributed by atoms with E-state index in [4.69, 9.17) is 4.98 Å². The van der Waals surface area contributed by atoms with Gasteiger partial charge in [0.15, 0.2) is 0 Å². The number of aryl methyl sites for hydroxylation is 2. The first-order valence-corrected chi connectivity index (χ1v) is 18.2. The molecular formula is C48H43N5O. The molecule has 7 rings (SSSR count). The molecule has 5 aromatic carbocycles. The minimum Gasteiger partial charge on any atom is -0.507 e. The van der Waals surface area contributed by atoms with Gasteiger partial charge in [0.1, 0.15) is 11.6 Å². The van der Waals surface area contributed by atoms with Crippen LogP contribution in [0.3, 0.4) is 0 Å². The SMILES string of the molecule is Cc1cc(-c2ccccc2)cc(C)c1-n1c(-c2cc(C(C)(C)C)cc(C(C)(C)C)c2O)nc2c(-c3cc(C#N)cc(-c4cc(C#N)ccn4)c3)cccc21. The number of phenols is 1. The average Bonchev–Trinajstić information content (AvgIpc) is 3.52. The van der Waals surface area contributed by atoms with Crippen LogP contribution in [0.4, 0.5) is 0 Å². The number of pyridine rings is 1. The van der Waals surface area contributed by atoms with Gasteiger partial charge in [-0.05, 0) is 113 Å². The van der Waals surface area contributed by atoms with E-state index in [-0.39, 0.29) is 16.6 Å². The molecule has 0 saturated carbocycles. The first kappa shape index (κ1) is 35.9. The van der Waals surface area contributed by atoms with Crippen LogP contribution in [0.25, 0.3) is 61.6 Å². The molecule has 0 spiro atoms. The number of phenolic OH excluding ortho intramolecular Hbond substituents is 1. The third kappa shape index (κ3) is 6.53. The van der Waals surface area contributed by atoms with E-state index in [9.17, 15) is 15.6 Å². The topological polar surface area (TPSA) is 98.5 Å².